The topological polar surface area (TPSA) is 109 Å². The normalized spacial score (nSPS) is 17.7. The van der Waals surface area contributed by atoms with Gasteiger partial charge in [-0.2, -0.15) is 10.1 Å². The van der Waals surface area contributed by atoms with Gasteiger partial charge in [-0.15, -0.1) is 0 Å². The molecular formula is C29H33ClFN7O3. The van der Waals surface area contributed by atoms with Gasteiger partial charge in [0.2, 0.25) is 0 Å². The van der Waals surface area contributed by atoms with Gasteiger partial charge in [0, 0.05) is 42.3 Å². The van der Waals surface area contributed by atoms with Crippen LogP contribution in [0.4, 0.5) is 15.0 Å². The lowest BCUT2D eigenvalue weighted by Crippen LogP contribution is -2.58. The molecular weight excluding hydrogens is 549 g/mol. The van der Waals surface area contributed by atoms with E-state index in [1.54, 1.807) is 35.1 Å². The number of hydrogen-bond donors (Lipinski definition) is 1. The zero-order valence-corrected chi connectivity index (χ0v) is 24.6. The number of piperazine rings is 1. The number of fused-ring (bicyclic) bond motifs is 1. The second-order valence-corrected chi connectivity index (χ2v) is 11.5. The van der Waals surface area contributed by atoms with Crippen LogP contribution in [0.2, 0.25) is 5.02 Å². The predicted molar refractivity (Wildman–Crippen MR) is 157 cm³/mol. The maximum absolute atomic E-state index is 15.0. The van der Waals surface area contributed by atoms with Gasteiger partial charge in [-0.1, -0.05) is 37.6 Å². The Labute approximate surface area is 242 Å². The van der Waals surface area contributed by atoms with Crippen molar-refractivity contribution in [2.45, 2.75) is 65.6 Å². The number of anilines is 1. The average molecular weight is 582 g/mol. The molecule has 0 aliphatic carbocycles. The molecule has 0 radical (unpaired) electrons. The highest BCUT2D eigenvalue weighted by Crippen LogP contribution is 2.36. The second kappa shape index (κ2) is 10.8. The van der Waals surface area contributed by atoms with E-state index in [9.17, 15) is 19.1 Å². The molecule has 2 atom stereocenters. The van der Waals surface area contributed by atoms with E-state index in [0.717, 1.165) is 5.56 Å². The molecule has 216 valence electrons. The number of carboxylic acid groups (broad SMARTS) is 1. The van der Waals surface area contributed by atoms with E-state index < -0.39 is 17.6 Å². The third kappa shape index (κ3) is 4.92. The first-order valence-corrected chi connectivity index (χ1v) is 14.0. The smallest absolute Gasteiger partial charge is 0.407 e. The molecule has 1 amide bonds. The molecule has 0 spiro atoms. The fourth-order valence-corrected chi connectivity index (χ4v) is 5.68. The maximum atomic E-state index is 15.0. The SMILES string of the molecule is CC(C)c1cnn(C(C)C)c1-n1c(=O)nc(N2C[C@@H](C)N(C(=O)O)C[C@@H]2C)c2cc(Cl)c(-c3ccccc3F)nc21. The minimum Gasteiger partial charge on any atom is -0.465 e. The predicted octanol–water partition coefficient (Wildman–Crippen LogP) is 5.72. The Bertz CT molecular complexity index is 1670. The lowest BCUT2D eigenvalue weighted by atomic mass is 10.1. The maximum Gasteiger partial charge on any atom is 0.407 e. The van der Waals surface area contributed by atoms with Crippen molar-refractivity contribution in [3.63, 3.8) is 0 Å². The molecule has 1 aliphatic heterocycles. The molecule has 1 aromatic carbocycles. The molecule has 12 heteroatoms. The molecule has 4 heterocycles. The molecule has 1 fully saturated rings. The van der Waals surface area contributed by atoms with E-state index >= 15 is 0 Å². The summed E-state index contributed by atoms with van der Waals surface area (Å²) in [5.74, 6) is 0.423. The number of rotatable bonds is 5. The lowest BCUT2D eigenvalue weighted by molar-refractivity contribution is 0.114. The van der Waals surface area contributed by atoms with Crippen LogP contribution in [0.1, 0.15) is 59.1 Å². The molecule has 0 unspecified atom stereocenters. The average Bonchev–Trinajstić information content (AvgIpc) is 3.35. The van der Waals surface area contributed by atoms with Crippen LogP contribution in [0, 0.1) is 5.82 Å². The highest BCUT2D eigenvalue weighted by atomic mass is 35.5. The van der Waals surface area contributed by atoms with Crippen molar-refractivity contribution >= 4 is 34.5 Å². The largest absolute Gasteiger partial charge is 0.465 e. The number of pyridine rings is 1. The minimum atomic E-state index is -1.00. The molecule has 1 aliphatic rings. The molecule has 0 bridgehead atoms. The van der Waals surface area contributed by atoms with Crippen molar-refractivity contribution in [2.75, 3.05) is 18.0 Å². The number of halogens is 2. The van der Waals surface area contributed by atoms with Gasteiger partial charge in [-0.25, -0.2) is 28.2 Å². The number of nitrogens with zero attached hydrogens (tertiary/aromatic N) is 7. The van der Waals surface area contributed by atoms with Crippen LogP contribution in [0.25, 0.3) is 28.1 Å². The van der Waals surface area contributed by atoms with Gasteiger partial charge >= 0.3 is 11.8 Å². The number of benzene rings is 1. The number of hydrogen-bond acceptors (Lipinski definition) is 6. The molecule has 41 heavy (non-hydrogen) atoms. The summed E-state index contributed by atoms with van der Waals surface area (Å²) in [7, 11) is 0. The van der Waals surface area contributed by atoms with Gasteiger partial charge < -0.3 is 14.9 Å². The Morgan fingerprint density at radius 2 is 1.80 bits per heavy atom. The van der Waals surface area contributed by atoms with Crippen LogP contribution in [0.5, 0.6) is 0 Å². The van der Waals surface area contributed by atoms with E-state index in [2.05, 4.69) is 10.1 Å². The van der Waals surface area contributed by atoms with Crippen LogP contribution in [0.15, 0.2) is 41.3 Å². The van der Waals surface area contributed by atoms with Crippen molar-refractivity contribution in [1.82, 2.24) is 29.2 Å². The Balaban J connectivity index is 1.85. The summed E-state index contributed by atoms with van der Waals surface area (Å²) in [5, 5.41) is 14.9. The molecule has 1 N–H and O–H groups in total. The fourth-order valence-electron chi connectivity index (χ4n) is 5.43. The van der Waals surface area contributed by atoms with Crippen LogP contribution in [-0.4, -0.2) is 65.6 Å². The Hall–Kier alpha value is -3.99. The minimum absolute atomic E-state index is 0.0300. The Morgan fingerprint density at radius 1 is 1.10 bits per heavy atom. The first-order valence-electron chi connectivity index (χ1n) is 13.6. The summed E-state index contributed by atoms with van der Waals surface area (Å²) < 4.78 is 18.2. The third-order valence-electron chi connectivity index (χ3n) is 7.55. The van der Waals surface area contributed by atoms with Crippen LogP contribution in [0.3, 0.4) is 0 Å². The van der Waals surface area contributed by atoms with Crippen molar-refractivity contribution in [3.8, 4) is 17.1 Å². The zero-order valence-electron chi connectivity index (χ0n) is 23.8. The van der Waals surface area contributed by atoms with Crippen LogP contribution < -0.4 is 10.6 Å². The molecule has 1 saturated heterocycles. The highest BCUT2D eigenvalue weighted by Gasteiger charge is 2.35. The number of amides is 1. The lowest BCUT2D eigenvalue weighted by Gasteiger charge is -2.43. The van der Waals surface area contributed by atoms with Gasteiger partial charge in [0.25, 0.3) is 0 Å². The Morgan fingerprint density at radius 3 is 2.44 bits per heavy atom. The first-order chi connectivity index (χ1) is 19.4. The van der Waals surface area contributed by atoms with E-state index in [4.69, 9.17) is 16.6 Å². The summed E-state index contributed by atoms with van der Waals surface area (Å²) in [6.45, 7) is 12.2. The standard InChI is InChI=1S/C29H33ClFN7O3/c1-15(2)21-12-32-38(16(3)4)27(21)37-26-20(11-22(30)24(33-26)19-9-7-8-10-23(19)31)25(34-28(37)39)35-13-18(6)36(29(40)41)14-17(35)5/h7-12,15-18H,13-14H2,1-6H3,(H,40,41)/t17-,18+/m0/s1. The molecule has 4 aromatic rings. The Kier molecular flexibility index (Phi) is 7.50. The molecule has 5 rings (SSSR count). The van der Waals surface area contributed by atoms with Gasteiger partial charge in [0.05, 0.1) is 22.3 Å². The fraction of sp³-hybridized carbons (Fsp3) is 0.414. The monoisotopic (exact) mass is 581 g/mol. The highest BCUT2D eigenvalue weighted by molar-refractivity contribution is 6.33. The van der Waals surface area contributed by atoms with Gasteiger partial charge in [-0.3, -0.25) is 0 Å². The summed E-state index contributed by atoms with van der Waals surface area (Å²) >= 11 is 6.76. The van der Waals surface area contributed by atoms with E-state index in [1.807, 2.05) is 46.4 Å². The summed E-state index contributed by atoms with van der Waals surface area (Å²) in [4.78, 5) is 38.5. The number of carbonyl (C=O) groups is 1. The first kappa shape index (κ1) is 28.5. The van der Waals surface area contributed by atoms with Crippen molar-refractivity contribution in [2.24, 2.45) is 0 Å². The second-order valence-electron chi connectivity index (χ2n) is 11.1. The number of aromatic nitrogens is 5. The van der Waals surface area contributed by atoms with E-state index in [0.29, 0.717) is 23.6 Å². The van der Waals surface area contributed by atoms with Gasteiger partial charge in [0.1, 0.15) is 17.5 Å². The molecule has 3 aromatic heterocycles. The van der Waals surface area contributed by atoms with Crippen molar-refractivity contribution in [1.29, 1.82) is 0 Å². The van der Waals surface area contributed by atoms with Crippen molar-refractivity contribution in [3.05, 3.63) is 63.4 Å². The van der Waals surface area contributed by atoms with Gasteiger partial charge in [-0.05, 0) is 51.8 Å². The van der Waals surface area contributed by atoms with Crippen LogP contribution in [-0.2, 0) is 0 Å². The van der Waals surface area contributed by atoms with E-state index in [1.165, 1.54) is 15.5 Å². The molecule has 0 saturated carbocycles. The van der Waals surface area contributed by atoms with E-state index in [-0.39, 0.29) is 52.5 Å². The molecule has 10 nitrogen and oxygen atoms in total. The summed E-state index contributed by atoms with van der Waals surface area (Å²) in [6.07, 6.45) is 0.744. The third-order valence-corrected chi connectivity index (χ3v) is 7.84. The summed E-state index contributed by atoms with van der Waals surface area (Å²) in [5.41, 5.74) is 0.911. The zero-order chi connectivity index (χ0) is 29.7. The van der Waals surface area contributed by atoms with Crippen molar-refractivity contribution < 1.29 is 14.3 Å². The van der Waals surface area contributed by atoms with Gasteiger partial charge in [0.15, 0.2) is 5.65 Å². The van der Waals surface area contributed by atoms with Crippen LogP contribution >= 0.6 is 11.6 Å². The quantitative estimate of drug-likeness (QED) is 0.321. The summed E-state index contributed by atoms with van der Waals surface area (Å²) in [6, 6.07) is 7.15.